The Kier molecular flexibility index (Phi) is 5.49. The molecule has 0 saturated carbocycles. The van der Waals surface area contributed by atoms with Gasteiger partial charge in [-0.1, -0.05) is 41.4 Å². The van der Waals surface area contributed by atoms with E-state index in [1.54, 1.807) is 23.1 Å². The highest BCUT2D eigenvalue weighted by molar-refractivity contribution is 6.39. The van der Waals surface area contributed by atoms with E-state index in [-0.39, 0.29) is 11.8 Å². The van der Waals surface area contributed by atoms with E-state index in [9.17, 15) is 18.0 Å². The molecule has 1 aliphatic heterocycles. The summed E-state index contributed by atoms with van der Waals surface area (Å²) in [7, 11) is 0. The Labute approximate surface area is 159 Å². The number of rotatable bonds is 3. The lowest BCUT2D eigenvalue weighted by Gasteiger charge is -2.33. The highest BCUT2D eigenvalue weighted by Crippen LogP contribution is 2.37. The molecule has 1 aliphatic rings. The lowest BCUT2D eigenvalue weighted by molar-refractivity contribution is -0.137. The fourth-order valence-electron chi connectivity index (χ4n) is 3.21. The van der Waals surface area contributed by atoms with Crippen molar-refractivity contribution < 1.29 is 18.0 Å². The first-order chi connectivity index (χ1) is 12.3. The predicted molar refractivity (Wildman–Crippen MR) is 96.7 cm³/mol. The standard InChI is InChI=1S/C19H16Cl2F3NO/c20-15-2-1-3-16(21)18(15)25-11-13(6-9-17(25)26)10-12-4-7-14(8-5-12)19(22,23)24/h1-5,7-8,13H,6,9-11H2. The molecule has 0 radical (unpaired) electrons. The minimum absolute atomic E-state index is 0.0522. The maximum Gasteiger partial charge on any atom is 0.416 e. The molecule has 2 aromatic rings. The molecule has 2 nitrogen and oxygen atoms in total. The van der Waals surface area contributed by atoms with E-state index in [1.807, 2.05) is 0 Å². The van der Waals surface area contributed by atoms with E-state index >= 15 is 0 Å². The average Bonchev–Trinajstić information content (AvgIpc) is 2.57. The summed E-state index contributed by atoms with van der Waals surface area (Å²) in [5.74, 6) is 0.0699. The Morgan fingerprint density at radius 3 is 2.23 bits per heavy atom. The normalized spacial score (nSPS) is 18.3. The van der Waals surface area contributed by atoms with Crippen molar-refractivity contribution in [1.29, 1.82) is 0 Å². The molecular weight excluding hydrogens is 386 g/mol. The molecular formula is C19H16Cl2F3NO. The fourth-order valence-corrected chi connectivity index (χ4v) is 3.81. The molecule has 0 aromatic heterocycles. The Hall–Kier alpha value is -1.72. The zero-order chi connectivity index (χ0) is 18.9. The number of hydrogen-bond donors (Lipinski definition) is 0. The topological polar surface area (TPSA) is 20.3 Å². The first-order valence-electron chi connectivity index (χ1n) is 8.16. The van der Waals surface area contributed by atoms with Crippen LogP contribution in [0, 0.1) is 5.92 Å². The van der Waals surface area contributed by atoms with Gasteiger partial charge >= 0.3 is 6.18 Å². The van der Waals surface area contributed by atoms with Gasteiger partial charge in [-0.3, -0.25) is 4.79 Å². The number of halogens is 5. The number of amides is 1. The molecule has 1 fully saturated rings. The van der Waals surface area contributed by atoms with Crippen molar-refractivity contribution in [3.63, 3.8) is 0 Å². The van der Waals surface area contributed by atoms with Crippen LogP contribution in [-0.4, -0.2) is 12.5 Å². The van der Waals surface area contributed by atoms with Crippen LogP contribution in [0.15, 0.2) is 42.5 Å². The Bertz CT molecular complexity index is 785. The van der Waals surface area contributed by atoms with Gasteiger partial charge in [0.2, 0.25) is 5.91 Å². The Morgan fingerprint density at radius 2 is 1.65 bits per heavy atom. The fraction of sp³-hybridized carbons (Fsp3) is 0.316. The first-order valence-corrected chi connectivity index (χ1v) is 8.92. The number of anilines is 1. The lowest BCUT2D eigenvalue weighted by Crippen LogP contribution is -2.41. The molecule has 3 rings (SSSR count). The molecule has 1 unspecified atom stereocenters. The number of para-hydroxylation sites is 1. The third-order valence-corrected chi connectivity index (χ3v) is 5.13. The second kappa shape index (κ2) is 7.49. The van der Waals surface area contributed by atoms with E-state index in [0.29, 0.717) is 41.5 Å². The van der Waals surface area contributed by atoms with Gasteiger partial charge in [-0.2, -0.15) is 13.2 Å². The van der Waals surface area contributed by atoms with Gasteiger partial charge in [-0.15, -0.1) is 0 Å². The lowest BCUT2D eigenvalue weighted by atomic mass is 9.90. The van der Waals surface area contributed by atoms with Crippen molar-refractivity contribution >= 4 is 34.8 Å². The minimum atomic E-state index is -4.34. The number of carbonyl (C=O) groups is 1. The number of carbonyl (C=O) groups excluding carboxylic acids is 1. The summed E-state index contributed by atoms with van der Waals surface area (Å²) >= 11 is 12.4. The van der Waals surface area contributed by atoms with Crippen LogP contribution in [0.25, 0.3) is 0 Å². The monoisotopic (exact) mass is 401 g/mol. The molecule has 1 saturated heterocycles. The zero-order valence-corrected chi connectivity index (χ0v) is 15.2. The van der Waals surface area contributed by atoms with Gasteiger partial charge in [0.15, 0.2) is 0 Å². The van der Waals surface area contributed by atoms with Gasteiger partial charge in [-0.05, 0) is 48.6 Å². The molecule has 1 amide bonds. The summed E-state index contributed by atoms with van der Waals surface area (Å²) in [6.07, 6.45) is -2.72. The third-order valence-electron chi connectivity index (χ3n) is 4.52. The second-order valence-electron chi connectivity index (χ2n) is 6.38. The summed E-state index contributed by atoms with van der Waals surface area (Å²) in [5, 5.41) is 0.807. The largest absolute Gasteiger partial charge is 0.416 e. The Morgan fingerprint density at radius 1 is 1.04 bits per heavy atom. The highest BCUT2D eigenvalue weighted by Gasteiger charge is 2.31. The van der Waals surface area contributed by atoms with Crippen molar-refractivity contribution in [2.45, 2.75) is 25.4 Å². The minimum Gasteiger partial charge on any atom is -0.309 e. The van der Waals surface area contributed by atoms with Gasteiger partial charge in [0.1, 0.15) is 0 Å². The third kappa shape index (κ3) is 4.15. The van der Waals surface area contributed by atoms with Crippen LogP contribution in [0.5, 0.6) is 0 Å². The number of piperidine rings is 1. The van der Waals surface area contributed by atoms with E-state index in [0.717, 1.165) is 17.7 Å². The molecule has 0 spiro atoms. The molecule has 138 valence electrons. The van der Waals surface area contributed by atoms with E-state index in [2.05, 4.69) is 0 Å². The van der Waals surface area contributed by atoms with E-state index < -0.39 is 11.7 Å². The zero-order valence-electron chi connectivity index (χ0n) is 13.7. The van der Waals surface area contributed by atoms with Crippen molar-refractivity contribution in [3.05, 3.63) is 63.6 Å². The van der Waals surface area contributed by atoms with Crippen LogP contribution in [-0.2, 0) is 17.4 Å². The van der Waals surface area contributed by atoms with Crippen LogP contribution in [0.3, 0.4) is 0 Å². The first kappa shape index (κ1) is 19.1. The van der Waals surface area contributed by atoms with Crippen molar-refractivity contribution in [2.75, 3.05) is 11.4 Å². The summed E-state index contributed by atoms with van der Waals surface area (Å²) in [6.45, 7) is 0.434. The average molecular weight is 402 g/mol. The van der Waals surface area contributed by atoms with E-state index in [4.69, 9.17) is 23.2 Å². The van der Waals surface area contributed by atoms with Crippen LogP contribution in [0.4, 0.5) is 18.9 Å². The van der Waals surface area contributed by atoms with Crippen molar-refractivity contribution in [3.8, 4) is 0 Å². The number of hydrogen-bond acceptors (Lipinski definition) is 1. The van der Waals surface area contributed by atoms with Gasteiger partial charge < -0.3 is 4.90 Å². The predicted octanol–water partition coefficient (Wildman–Crippen LogP) is 6.00. The van der Waals surface area contributed by atoms with Crippen LogP contribution in [0.2, 0.25) is 10.0 Å². The smallest absolute Gasteiger partial charge is 0.309 e. The van der Waals surface area contributed by atoms with E-state index in [1.165, 1.54) is 12.1 Å². The van der Waals surface area contributed by atoms with Crippen LogP contribution in [0.1, 0.15) is 24.0 Å². The summed E-state index contributed by atoms with van der Waals surface area (Å²) in [6, 6.07) is 10.2. The number of alkyl halides is 3. The molecule has 1 atom stereocenters. The highest BCUT2D eigenvalue weighted by atomic mass is 35.5. The van der Waals surface area contributed by atoms with Crippen LogP contribution < -0.4 is 4.90 Å². The molecule has 0 N–H and O–H groups in total. The molecule has 0 bridgehead atoms. The summed E-state index contributed by atoms with van der Waals surface area (Å²) in [4.78, 5) is 13.9. The molecule has 7 heteroatoms. The summed E-state index contributed by atoms with van der Waals surface area (Å²) in [5.41, 5.74) is 0.644. The quantitative estimate of drug-likeness (QED) is 0.617. The van der Waals surface area contributed by atoms with Crippen molar-refractivity contribution in [1.82, 2.24) is 0 Å². The maximum atomic E-state index is 12.7. The molecule has 26 heavy (non-hydrogen) atoms. The van der Waals surface area contributed by atoms with Gasteiger partial charge in [0.25, 0.3) is 0 Å². The molecule has 1 heterocycles. The summed E-state index contributed by atoms with van der Waals surface area (Å²) < 4.78 is 38.0. The molecule has 0 aliphatic carbocycles. The van der Waals surface area contributed by atoms with Gasteiger partial charge in [-0.25, -0.2) is 0 Å². The molecule has 2 aromatic carbocycles. The second-order valence-corrected chi connectivity index (χ2v) is 7.19. The number of benzene rings is 2. The Balaban J connectivity index is 1.75. The number of nitrogens with zero attached hydrogens (tertiary/aromatic N) is 1. The van der Waals surface area contributed by atoms with Gasteiger partial charge in [0, 0.05) is 13.0 Å². The van der Waals surface area contributed by atoms with Crippen LogP contribution >= 0.6 is 23.2 Å². The van der Waals surface area contributed by atoms with Crippen molar-refractivity contribution in [2.24, 2.45) is 5.92 Å². The maximum absolute atomic E-state index is 12.7. The van der Waals surface area contributed by atoms with Gasteiger partial charge in [0.05, 0.1) is 21.3 Å². The SMILES string of the molecule is O=C1CCC(Cc2ccc(C(F)(F)F)cc2)CN1c1c(Cl)cccc1Cl.